The monoisotopic (exact) mass is 305 g/mol. The Labute approximate surface area is 116 Å². The Kier molecular flexibility index (Phi) is 4.53. The largest absolute Gasteiger partial charge is 0.384 e. The summed E-state index contributed by atoms with van der Waals surface area (Å²) >= 11 is 3.39. The summed E-state index contributed by atoms with van der Waals surface area (Å²) in [4.78, 5) is 0. The predicted molar refractivity (Wildman–Crippen MR) is 77.4 cm³/mol. The third-order valence-electron chi connectivity index (χ3n) is 2.86. The molecule has 0 amide bonds. The van der Waals surface area contributed by atoms with E-state index in [4.69, 9.17) is 0 Å². The minimum Gasteiger partial charge on any atom is -0.384 e. The second kappa shape index (κ2) is 6.14. The van der Waals surface area contributed by atoms with Gasteiger partial charge in [0.25, 0.3) is 0 Å². The maximum Gasteiger partial charge on any atom is 0.104 e. The number of hydrogen-bond acceptors (Lipinski definition) is 2. The van der Waals surface area contributed by atoms with Crippen LogP contribution in [0.15, 0.2) is 53.0 Å². The minimum atomic E-state index is -0.568. The van der Waals surface area contributed by atoms with Crippen molar-refractivity contribution in [3.05, 3.63) is 69.7 Å². The van der Waals surface area contributed by atoms with E-state index in [2.05, 4.69) is 21.2 Å². The van der Waals surface area contributed by atoms with E-state index < -0.39 is 6.10 Å². The van der Waals surface area contributed by atoms with Crippen LogP contribution < -0.4 is 5.32 Å². The maximum absolute atomic E-state index is 10.3. The van der Waals surface area contributed by atoms with Crippen molar-refractivity contribution in [3.8, 4) is 0 Å². The molecular weight excluding hydrogens is 290 g/mol. The minimum absolute atomic E-state index is 0.568. The highest BCUT2D eigenvalue weighted by atomic mass is 79.9. The summed E-state index contributed by atoms with van der Waals surface area (Å²) in [5.74, 6) is 0. The van der Waals surface area contributed by atoms with Crippen molar-refractivity contribution >= 4 is 15.9 Å². The fourth-order valence-corrected chi connectivity index (χ4v) is 2.12. The summed E-state index contributed by atoms with van der Waals surface area (Å²) in [7, 11) is 1.92. The molecule has 0 fully saturated rings. The fourth-order valence-electron chi connectivity index (χ4n) is 1.86. The highest BCUT2D eigenvalue weighted by Crippen LogP contribution is 2.23. The van der Waals surface area contributed by atoms with E-state index in [1.807, 2.05) is 55.6 Å². The van der Waals surface area contributed by atoms with Gasteiger partial charge in [0.15, 0.2) is 0 Å². The van der Waals surface area contributed by atoms with Gasteiger partial charge in [-0.05, 0) is 35.9 Å². The number of aliphatic hydroxyl groups is 1. The third-order valence-corrected chi connectivity index (χ3v) is 3.39. The zero-order chi connectivity index (χ0) is 13.0. The molecule has 0 aliphatic heterocycles. The van der Waals surface area contributed by atoms with Crippen LogP contribution in [0.4, 0.5) is 0 Å². The van der Waals surface area contributed by atoms with Gasteiger partial charge in [-0.25, -0.2) is 0 Å². The smallest absolute Gasteiger partial charge is 0.104 e. The molecule has 2 aromatic carbocycles. The molecule has 2 aromatic rings. The Bertz CT molecular complexity index is 493. The molecule has 1 unspecified atom stereocenters. The number of benzene rings is 2. The van der Waals surface area contributed by atoms with Gasteiger partial charge < -0.3 is 10.4 Å². The molecule has 0 saturated carbocycles. The number of nitrogens with one attached hydrogen (secondary N) is 1. The van der Waals surface area contributed by atoms with Gasteiger partial charge in [0.2, 0.25) is 0 Å². The lowest BCUT2D eigenvalue weighted by molar-refractivity contribution is 0.220. The molecule has 1 atom stereocenters. The number of rotatable bonds is 4. The van der Waals surface area contributed by atoms with Crippen LogP contribution in [0.25, 0.3) is 0 Å². The molecule has 0 radical (unpaired) electrons. The summed E-state index contributed by atoms with van der Waals surface area (Å²) in [6, 6.07) is 15.7. The summed E-state index contributed by atoms with van der Waals surface area (Å²) < 4.78 is 1.02. The Balaban J connectivity index is 2.17. The lowest BCUT2D eigenvalue weighted by Crippen LogP contribution is -2.05. The number of aliphatic hydroxyl groups excluding tert-OH is 1. The normalized spacial score (nSPS) is 12.4. The van der Waals surface area contributed by atoms with Crippen molar-refractivity contribution in [2.45, 2.75) is 12.6 Å². The Morgan fingerprint density at radius 2 is 1.50 bits per heavy atom. The quantitative estimate of drug-likeness (QED) is 0.909. The molecule has 0 aliphatic carbocycles. The average molecular weight is 306 g/mol. The highest BCUT2D eigenvalue weighted by Gasteiger charge is 2.09. The summed E-state index contributed by atoms with van der Waals surface area (Å²) in [6.45, 7) is 0.842. The lowest BCUT2D eigenvalue weighted by atomic mass is 10.0. The van der Waals surface area contributed by atoms with E-state index >= 15 is 0 Å². The second-order valence-corrected chi connectivity index (χ2v) is 5.14. The van der Waals surface area contributed by atoms with Crippen LogP contribution in [0.5, 0.6) is 0 Å². The van der Waals surface area contributed by atoms with Gasteiger partial charge in [0.1, 0.15) is 6.10 Å². The van der Waals surface area contributed by atoms with E-state index in [1.54, 1.807) is 0 Å². The van der Waals surface area contributed by atoms with E-state index in [1.165, 1.54) is 5.56 Å². The van der Waals surface area contributed by atoms with Crippen LogP contribution in [-0.4, -0.2) is 12.2 Å². The number of halogens is 1. The van der Waals surface area contributed by atoms with Gasteiger partial charge in [-0.2, -0.15) is 0 Å². The molecule has 0 aromatic heterocycles. The zero-order valence-electron chi connectivity index (χ0n) is 10.2. The van der Waals surface area contributed by atoms with Gasteiger partial charge in [-0.1, -0.05) is 52.3 Å². The van der Waals surface area contributed by atoms with Gasteiger partial charge in [0.05, 0.1) is 0 Å². The lowest BCUT2D eigenvalue weighted by Gasteiger charge is -2.12. The van der Waals surface area contributed by atoms with Crippen LogP contribution in [0.1, 0.15) is 22.8 Å². The molecule has 3 heteroatoms. The Morgan fingerprint density at radius 1 is 1.00 bits per heavy atom. The molecular formula is C15H16BrNO. The average Bonchev–Trinajstić information content (AvgIpc) is 2.40. The maximum atomic E-state index is 10.3. The topological polar surface area (TPSA) is 32.3 Å². The first-order chi connectivity index (χ1) is 8.70. The van der Waals surface area contributed by atoms with Gasteiger partial charge in [0, 0.05) is 11.0 Å². The Hall–Kier alpha value is -1.16. The predicted octanol–water partition coefficient (Wildman–Crippen LogP) is 3.25. The molecule has 0 saturated heterocycles. The van der Waals surface area contributed by atoms with E-state index in [-0.39, 0.29) is 0 Å². The standard InChI is InChI=1S/C15H16BrNO/c1-17-10-11-2-4-12(5-3-11)15(18)13-6-8-14(16)9-7-13/h2-9,15,17-18H,10H2,1H3. The Morgan fingerprint density at radius 3 is 2.00 bits per heavy atom. The van der Waals surface area contributed by atoms with Crippen molar-refractivity contribution in [1.82, 2.24) is 5.32 Å². The molecule has 2 N–H and O–H groups in total. The van der Waals surface area contributed by atoms with Crippen molar-refractivity contribution in [2.24, 2.45) is 0 Å². The summed E-state index contributed by atoms with van der Waals surface area (Å²) in [6.07, 6.45) is -0.568. The molecule has 2 nitrogen and oxygen atoms in total. The first-order valence-electron chi connectivity index (χ1n) is 5.87. The van der Waals surface area contributed by atoms with E-state index in [9.17, 15) is 5.11 Å². The van der Waals surface area contributed by atoms with Gasteiger partial charge >= 0.3 is 0 Å². The third kappa shape index (κ3) is 3.19. The first-order valence-corrected chi connectivity index (χ1v) is 6.67. The van der Waals surface area contributed by atoms with Crippen LogP contribution >= 0.6 is 15.9 Å². The summed E-state index contributed by atoms with van der Waals surface area (Å²) in [5, 5.41) is 13.4. The van der Waals surface area contributed by atoms with Crippen LogP contribution in [0.3, 0.4) is 0 Å². The number of hydrogen-bond donors (Lipinski definition) is 2. The molecule has 2 rings (SSSR count). The van der Waals surface area contributed by atoms with Crippen molar-refractivity contribution < 1.29 is 5.11 Å². The molecule has 0 aliphatic rings. The summed E-state index contributed by atoms with van der Waals surface area (Å²) in [5.41, 5.74) is 3.03. The molecule has 0 heterocycles. The molecule has 18 heavy (non-hydrogen) atoms. The van der Waals surface area contributed by atoms with E-state index in [0.29, 0.717) is 0 Å². The van der Waals surface area contributed by atoms with Crippen LogP contribution in [0.2, 0.25) is 0 Å². The van der Waals surface area contributed by atoms with Crippen LogP contribution in [-0.2, 0) is 6.54 Å². The first kappa shape index (κ1) is 13.3. The highest BCUT2D eigenvalue weighted by molar-refractivity contribution is 9.10. The van der Waals surface area contributed by atoms with Crippen molar-refractivity contribution in [2.75, 3.05) is 7.05 Å². The van der Waals surface area contributed by atoms with Gasteiger partial charge in [-0.3, -0.25) is 0 Å². The van der Waals surface area contributed by atoms with Gasteiger partial charge in [-0.15, -0.1) is 0 Å². The van der Waals surface area contributed by atoms with Crippen molar-refractivity contribution in [3.63, 3.8) is 0 Å². The SMILES string of the molecule is CNCc1ccc(C(O)c2ccc(Br)cc2)cc1. The van der Waals surface area contributed by atoms with E-state index in [0.717, 1.165) is 22.1 Å². The van der Waals surface area contributed by atoms with Crippen molar-refractivity contribution in [1.29, 1.82) is 0 Å². The zero-order valence-corrected chi connectivity index (χ0v) is 11.8. The molecule has 0 bridgehead atoms. The second-order valence-electron chi connectivity index (χ2n) is 4.23. The fraction of sp³-hybridized carbons (Fsp3) is 0.200. The van der Waals surface area contributed by atoms with Crippen LogP contribution in [0, 0.1) is 0 Å². The molecule has 0 spiro atoms. The molecule has 94 valence electrons.